The number of aryl methyl sites for hydroxylation is 1. The minimum Gasteiger partial charge on any atom is -0.409 e. The van der Waals surface area contributed by atoms with Gasteiger partial charge in [-0.25, -0.2) is 0 Å². The molecule has 4 heteroatoms. The van der Waals surface area contributed by atoms with Gasteiger partial charge in [0.1, 0.15) is 0 Å². The molecule has 1 aromatic heterocycles. The van der Waals surface area contributed by atoms with Gasteiger partial charge in [-0.3, -0.25) is 0 Å². The van der Waals surface area contributed by atoms with Gasteiger partial charge in [0, 0.05) is 29.2 Å². The van der Waals surface area contributed by atoms with Gasteiger partial charge in [0.05, 0.1) is 0 Å². The van der Waals surface area contributed by atoms with Crippen molar-refractivity contribution in [3.05, 3.63) is 36.0 Å². The number of nitrogens with zero attached hydrogens (tertiary/aromatic N) is 2. The molecule has 0 saturated carbocycles. The molecule has 2 aromatic rings. The molecule has 0 radical (unpaired) electrons. The van der Waals surface area contributed by atoms with E-state index in [1.807, 2.05) is 18.2 Å². The fraction of sp³-hybridized carbons (Fsp3) is 0.357. The quantitative estimate of drug-likeness (QED) is 0.376. The molecule has 0 saturated heterocycles. The summed E-state index contributed by atoms with van der Waals surface area (Å²) in [5.41, 5.74) is 7.51. The molecule has 3 N–H and O–H groups in total. The lowest BCUT2D eigenvalue weighted by Gasteiger charge is -2.08. The van der Waals surface area contributed by atoms with Gasteiger partial charge in [0.2, 0.25) is 0 Å². The van der Waals surface area contributed by atoms with E-state index in [1.165, 1.54) is 5.52 Å². The molecule has 4 nitrogen and oxygen atoms in total. The highest BCUT2D eigenvalue weighted by Crippen LogP contribution is 2.19. The average Bonchev–Trinajstić information content (AvgIpc) is 2.77. The zero-order chi connectivity index (χ0) is 13.1. The minimum absolute atomic E-state index is 0.145. The van der Waals surface area contributed by atoms with Crippen molar-refractivity contribution in [3.8, 4) is 0 Å². The molecule has 18 heavy (non-hydrogen) atoms. The normalized spacial score (nSPS) is 12.5. The Kier molecular flexibility index (Phi) is 3.55. The van der Waals surface area contributed by atoms with Crippen LogP contribution in [0, 0.1) is 5.92 Å². The highest BCUT2D eigenvalue weighted by molar-refractivity contribution is 6.00. The molecule has 96 valence electrons. The van der Waals surface area contributed by atoms with Gasteiger partial charge in [-0.1, -0.05) is 19.0 Å². The van der Waals surface area contributed by atoms with Crippen molar-refractivity contribution in [1.82, 2.24) is 4.57 Å². The van der Waals surface area contributed by atoms with Crippen molar-refractivity contribution in [1.29, 1.82) is 0 Å². The molecule has 0 aliphatic heterocycles. The summed E-state index contributed by atoms with van der Waals surface area (Å²) < 4.78 is 2.24. The van der Waals surface area contributed by atoms with Gasteiger partial charge in [0.15, 0.2) is 5.84 Å². The second-order valence-corrected chi connectivity index (χ2v) is 4.95. The van der Waals surface area contributed by atoms with Crippen LogP contribution < -0.4 is 5.73 Å². The summed E-state index contributed by atoms with van der Waals surface area (Å²) in [4.78, 5) is 0. The summed E-state index contributed by atoms with van der Waals surface area (Å²) in [6.07, 6.45) is 3.24. The molecule has 1 heterocycles. The molecule has 0 atom stereocenters. The predicted octanol–water partition coefficient (Wildman–Crippen LogP) is 2.78. The number of oxime groups is 1. The highest BCUT2D eigenvalue weighted by atomic mass is 16.4. The number of amidine groups is 1. The highest BCUT2D eigenvalue weighted by Gasteiger charge is 2.05. The van der Waals surface area contributed by atoms with E-state index in [4.69, 9.17) is 10.9 Å². The van der Waals surface area contributed by atoms with E-state index in [0.29, 0.717) is 5.92 Å². The Labute approximate surface area is 107 Å². The van der Waals surface area contributed by atoms with E-state index >= 15 is 0 Å². The Morgan fingerprint density at radius 2 is 2.17 bits per heavy atom. The Hall–Kier alpha value is -1.97. The van der Waals surface area contributed by atoms with E-state index in [0.717, 1.165) is 23.9 Å². The van der Waals surface area contributed by atoms with Crippen LogP contribution in [0.25, 0.3) is 10.9 Å². The van der Waals surface area contributed by atoms with Crippen LogP contribution in [-0.4, -0.2) is 15.6 Å². The Morgan fingerprint density at radius 1 is 1.39 bits per heavy atom. The number of fused-ring (bicyclic) bond motifs is 1. The predicted molar refractivity (Wildman–Crippen MR) is 73.9 cm³/mol. The summed E-state index contributed by atoms with van der Waals surface area (Å²) in [6, 6.07) is 7.90. The third kappa shape index (κ3) is 2.47. The van der Waals surface area contributed by atoms with Crippen molar-refractivity contribution >= 4 is 16.7 Å². The first-order valence-electron chi connectivity index (χ1n) is 6.18. The fourth-order valence-electron chi connectivity index (χ4n) is 2.01. The van der Waals surface area contributed by atoms with Crippen LogP contribution in [0.1, 0.15) is 25.8 Å². The van der Waals surface area contributed by atoms with Crippen LogP contribution in [0.15, 0.2) is 35.6 Å². The number of hydrogen-bond acceptors (Lipinski definition) is 2. The minimum atomic E-state index is 0.145. The number of nitrogens with two attached hydrogens (primary N) is 1. The number of aromatic nitrogens is 1. The second-order valence-electron chi connectivity index (χ2n) is 4.95. The van der Waals surface area contributed by atoms with Gasteiger partial charge in [0.25, 0.3) is 0 Å². The maximum absolute atomic E-state index is 8.67. The lowest BCUT2D eigenvalue weighted by molar-refractivity contribution is 0.318. The average molecular weight is 245 g/mol. The molecule has 0 bridgehead atoms. The second kappa shape index (κ2) is 5.12. The van der Waals surface area contributed by atoms with Gasteiger partial charge in [-0.15, -0.1) is 0 Å². The topological polar surface area (TPSA) is 63.5 Å². The molecular formula is C14H19N3O. The third-order valence-corrected chi connectivity index (χ3v) is 3.12. The van der Waals surface area contributed by atoms with Gasteiger partial charge in [-0.05, 0) is 36.6 Å². The first-order chi connectivity index (χ1) is 8.61. The van der Waals surface area contributed by atoms with Crippen LogP contribution >= 0.6 is 0 Å². The van der Waals surface area contributed by atoms with E-state index in [2.05, 4.69) is 35.8 Å². The summed E-state index contributed by atoms with van der Waals surface area (Å²) in [5, 5.41) is 12.8. The van der Waals surface area contributed by atoms with Crippen LogP contribution in [0.4, 0.5) is 0 Å². The number of rotatable bonds is 4. The van der Waals surface area contributed by atoms with E-state index in [1.54, 1.807) is 0 Å². The van der Waals surface area contributed by atoms with Crippen molar-refractivity contribution in [2.75, 3.05) is 0 Å². The maximum atomic E-state index is 8.67. The van der Waals surface area contributed by atoms with E-state index < -0.39 is 0 Å². The number of benzene rings is 1. The van der Waals surface area contributed by atoms with Crippen LogP contribution in [0.2, 0.25) is 0 Å². The van der Waals surface area contributed by atoms with Crippen LogP contribution in [0.5, 0.6) is 0 Å². The summed E-state index contributed by atoms with van der Waals surface area (Å²) in [7, 11) is 0. The lowest BCUT2D eigenvalue weighted by atomic mass is 10.1. The molecule has 0 aliphatic rings. The SMILES string of the molecule is CC(C)CCn1ccc2cc(/C(N)=N/O)ccc21. The Bertz CT molecular complexity index is 569. The van der Waals surface area contributed by atoms with Crippen molar-refractivity contribution < 1.29 is 5.21 Å². The standard InChI is InChI=1S/C14H19N3O/c1-10(2)5-7-17-8-6-11-9-12(14(15)16-18)3-4-13(11)17/h3-4,6,8-10,18H,5,7H2,1-2H3,(H2,15,16). The lowest BCUT2D eigenvalue weighted by Crippen LogP contribution is -2.12. The Balaban J connectivity index is 2.32. The van der Waals surface area contributed by atoms with Gasteiger partial charge < -0.3 is 15.5 Å². The summed E-state index contributed by atoms with van der Waals surface area (Å²) in [5.74, 6) is 0.839. The number of hydrogen-bond donors (Lipinski definition) is 2. The Morgan fingerprint density at radius 3 is 2.83 bits per heavy atom. The zero-order valence-electron chi connectivity index (χ0n) is 10.8. The zero-order valence-corrected chi connectivity index (χ0v) is 10.8. The molecular weight excluding hydrogens is 226 g/mol. The molecule has 0 amide bonds. The first kappa shape index (κ1) is 12.5. The maximum Gasteiger partial charge on any atom is 0.170 e. The molecule has 0 unspecified atom stereocenters. The van der Waals surface area contributed by atoms with Crippen molar-refractivity contribution in [2.24, 2.45) is 16.8 Å². The summed E-state index contributed by atoms with van der Waals surface area (Å²) in [6.45, 7) is 5.47. The van der Waals surface area contributed by atoms with E-state index in [-0.39, 0.29) is 5.84 Å². The molecule has 2 rings (SSSR count). The molecule has 0 aliphatic carbocycles. The largest absolute Gasteiger partial charge is 0.409 e. The first-order valence-corrected chi connectivity index (χ1v) is 6.18. The summed E-state index contributed by atoms with van der Waals surface area (Å²) >= 11 is 0. The molecule has 0 spiro atoms. The van der Waals surface area contributed by atoms with Crippen molar-refractivity contribution in [3.63, 3.8) is 0 Å². The molecule has 1 aromatic carbocycles. The third-order valence-electron chi connectivity index (χ3n) is 3.12. The molecule has 0 fully saturated rings. The van der Waals surface area contributed by atoms with E-state index in [9.17, 15) is 0 Å². The smallest absolute Gasteiger partial charge is 0.170 e. The fourth-order valence-corrected chi connectivity index (χ4v) is 2.01. The van der Waals surface area contributed by atoms with Crippen LogP contribution in [0.3, 0.4) is 0 Å². The van der Waals surface area contributed by atoms with Gasteiger partial charge in [-0.2, -0.15) is 0 Å². The van der Waals surface area contributed by atoms with Crippen LogP contribution in [-0.2, 0) is 6.54 Å². The monoisotopic (exact) mass is 245 g/mol. The van der Waals surface area contributed by atoms with Crippen molar-refractivity contribution in [2.45, 2.75) is 26.8 Å². The van der Waals surface area contributed by atoms with Gasteiger partial charge >= 0.3 is 0 Å².